The molecule has 3 aromatic rings. The van der Waals surface area contributed by atoms with Crippen LogP contribution in [-0.4, -0.2) is 29.5 Å². The van der Waals surface area contributed by atoms with E-state index in [1.165, 1.54) is 4.90 Å². The number of hydrogen-bond acceptors (Lipinski definition) is 5. The van der Waals surface area contributed by atoms with E-state index in [-0.39, 0.29) is 17.4 Å². The Morgan fingerprint density at radius 2 is 1.72 bits per heavy atom. The number of aryl methyl sites for hydroxylation is 2. The van der Waals surface area contributed by atoms with E-state index < -0.39 is 17.7 Å². The molecule has 0 bridgehead atoms. The normalized spacial score (nSPS) is 17.1. The van der Waals surface area contributed by atoms with Crippen molar-refractivity contribution in [1.29, 1.82) is 0 Å². The number of hydrogen-bond donors (Lipinski definition) is 1. The molecule has 1 N–H and O–H groups in total. The first kappa shape index (κ1) is 25.0. The molecule has 1 unspecified atom stereocenters. The molecule has 1 heterocycles. The van der Waals surface area contributed by atoms with E-state index in [0.717, 1.165) is 11.1 Å². The summed E-state index contributed by atoms with van der Waals surface area (Å²) in [6.45, 7) is 10.1. The van der Waals surface area contributed by atoms with E-state index in [9.17, 15) is 14.7 Å². The van der Waals surface area contributed by atoms with Crippen LogP contribution in [-0.2, 0) is 9.59 Å². The number of anilines is 1. The van der Waals surface area contributed by atoms with Gasteiger partial charge in [-0.25, -0.2) is 0 Å². The minimum absolute atomic E-state index is 0.000553. The zero-order chi connectivity index (χ0) is 26.0. The molecule has 0 saturated carbocycles. The number of ketones is 1. The van der Waals surface area contributed by atoms with Gasteiger partial charge in [0, 0.05) is 11.3 Å². The maximum atomic E-state index is 13.4. The summed E-state index contributed by atoms with van der Waals surface area (Å²) in [7, 11) is 0. The van der Waals surface area contributed by atoms with E-state index in [1.807, 2.05) is 77.1 Å². The number of carbonyl (C=O) groups is 2. The Kier molecular flexibility index (Phi) is 7.15. The molecule has 1 aliphatic rings. The van der Waals surface area contributed by atoms with Crippen LogP contribution in [0, 0.1) is 13.8 Å². The lowest BCUT2D eigenvalue weighted by molar-refractivity contribution is -0.132. The molecule has 36 heavy (non-hydrogen) atoms. The summed E-state index contributed by atoms with van der Waals surface area (Å²) in [6, 6.07) is 19.1. The summed E-state index contributed by atoms with van der Waals surface area (Å²) in [5.74, 6) is -0.337. The van der Waals surface area contributed by atoms with Crippen molar-refractivity contribution in [2.75, 3.05) is 11.5 Å². The average Bonchev–Trinajstić information content (AvgIpc) is 3.11. The first-order valence-electron chi connectivity index (χ1n) is 12.1. The van der Waals surface area contributed by atoms with E-state index in [0.29, 0.717) is 34.9 Å². The van der Waals surface area contributed by atoms with Gasteiger partial charge >= 0.3 is 0 Å². The second-order valence-corrected chi connectivity index (χ2v) is 9.16. The first-order valence-corrected chi connectivity index (χ1v) is 12.1. The molecule has 186 valence electrons. The zero-order valence-corrected chi connectivity index (χ0v) is 21.2. The number of aliphatic hydroxyl groups excluding tert-OH is 1. The Bertz CT molecular complexity index is 1320. The van der Waals surface area contributed by atoms with Gasteiger partial charge in [-0.15, -0.1) is 0 Å². The van der Waals surface area contributed by atoms with Crippen molar-refractivity contribution in [2.24, 2.45) is 0 Å². The highest BCUT2D eigenvalue weighted by Gasteiger charge is 2.47. The van der Waals surface area contributed by atoms with Gasteiger partial charge in [-0.2, -0.15) is 0 Å². The van der Waals surface area contributed by atoms with Gasteiger partial charge in [0.15, 0.2) is 0 Å². The third-order valence-electron chi connectivity index (χ3n) is 6.05. The standard InChI is InChI=1S/C30H31NO5/c1-6-35-24-9-7-8-21(17-24)27-26(28(32)22-12-15-25(20(5)16-22)36-18(2)3)29(33)30(34)31(27)23-13-10-19(4)11-14-23/h7-18,27,32H,6H2,1-5H3/b28-26+. The fraction of sp³-hybridized carbons (Fsp3) is 0.267. The molecule has 1 saturated heterocycles. The van der Waals surface area contributed by atoms with E-state index in [2.05, 4.69) is 0 Å². The van der Waals surface area contributed by atoms with Gasteiger partial charge in [0.05, 0.1) is 24.3 Å². The third kappa shape index (κ3) is 4.85. The number of amides is 1. The van der Waals surface area contributed by atoms with Crippen LogP contribution in [0.15, 0.2) is 72.3 Å². The van der Waals surface area contributed by atoms with Crippen molar-refractivity contribution >= 4 is 23.1 Å². The minimum atomic E-state index is -0.819. The molecule has 6 heteroatoms. The highest BCUT2D eigenvalue weighted by molar-refractivity contribution is 6.51. The lowest BCUT2D eigenvalue weighted by Gasteiger charge is -2.26. The summed E-state index contributed by atoms with van der Waals surface area (Å²) in [5, 5.41) is 11.4. The summed E-state index contributed by atoms with van der Waals surface area (Å²) in [5.41, 5.74) is 3.56. The molecule has 1 aliphatic heterocycles. The number of benzene rings is 3. The first-order chi connectivity index (χ1) is 17.2. The number of Topliss-reactive ketones (excluding diaryl/α,β-unsaturated/α-hetero) is 1. The number of carbonyl (C=O) groups excluding carboxylic acids is 2. The smallest absolute Gasteiger partial charge is 0.300 e. The molecule has 0 aromatic heterocycles. The Labute approximate surface area is 211 Å². The lowest BCUT2D eigenvalue weighted by Crippen LogP contribution is -2.29. The molecule has 0 spiro atoms. The van der Waals surface area contributed by atoms with Gasteiger partial charge in [-0.05, 0) is 88.2 Å². The van der Waals surface area contributed by atoms with Crippen LogP contribution in [0.5, 0.6) is 11.5 Å². The second-order valence-electron chi connectivity index (χ2n) is 9.16. The summed E-state index contributed by atoms with van der Waals surface area (Å²) < 4.78 is 11.5. The third-order valence-corrected chi connectivity index (χ3v) is 6.05. The quantitative estimate of drug-likeness (QED) is 0.248. The van der Waals surface area contributed by atoms with Crippen molar-refractivity contribution in [3.05, 3.63) is 94.6 Å². The van der Waals surface area contributed by atoms with Crippen molar-refractivity contribution in [3.63, 3.8) is 0 Å². The van der Waals surface area contributed by atoms with Crippen LogP contribution in [0.1, 0.15) is 49.1 Å². The summed E-state index contributed by atoms with van der Waals surface area (Å²) in [6.07, 6.45) is 0.000553. The van der Waals surface area contributed by atoms with E-state index >= 15 is 0 Å². The van der Waals surface area contributed by atoms with Gasteiger partial charge in [-0.1, -0.05) is 29.8 Å². The van der Waals surface area contributed by atoms with Gasteiger partial charge < -0.3 is 14.6 Å². The Balaban J connectivity index is 1.89. The van der Waals surface area contributed by atoms with Crippen molar-refractivity contribution < 1.29 is 24.2 Å². The molecule has 1 amide bonds. The predicted octanol–water partition coefficient (Wildman–Crippen LogP) is 6.12. The number of nitrogens with zero attached hydrogens (tertiary/aromatic N) is 1. The molecular formula is C30H31NO5. The molecule has 1 fully saturated rings. The fourth-order valence-electron chi connectivity index (χ4n) is 4.40. The average molecular weight is 486 g/mol. The van der Waals surface area contributed by atoms with Crippen LogP contribution in [0.2, 0.25) is 0 Å². The minimum Gasteiger partial charge on any atom is -0.507 e. The van der Waals surface area contributed by atoms with Gasteiger partial charge in [0.1, 0.15) is 17.3 Å². The van der Waals surface area contributed by atoms with Gasteiger partial charge in [-0.3, -0.25) is 14.5 Å². The number of ether oxygens (including phenoxy) is 2. The Hall–Kier alpha value is -4.06. The van der Waals surface area contributed by atoms with Gasteiger partial charge in [0.25, 0.3) is 11.7 Å². The maximum absolute atomic E-state index is 13.4. The number of rotatable bonds is 7. The van der Waals surface area contributed by atoms with Crippen molar-refractivity contribution in [3.8, 4) is 11.5 Å². The lowest BCUT2D eigenvalue weighted by atomic mass is 9.94. The van der Waals surface area contributed by atoms with Gasteiger partial charge in [0.2, 0.25) is 0 Å². The maximum Gasteiger partial charge on any atom is 0.300 e. The molecular weight excluding hydrogens is 454 g/mol. The topological polar surface area (TPSA) is 76.1 Å². The molecule has 4 rings (SSSR count). The largest absolute Gasteiger partial charge is 0.507 e. The SMILES string of the molecule is CCOc1cccc(C2/C(=C(\O)c3ccc(OC(C)C)c(C)c3)C(=O)C(=O)N2c2ccc(C)cc2)c1. The predicted molar refractivity (Wildman–Crippen MR) is 141 cm³/mol. The molecule has 6 nitrogen and oxygen atoms in total. The second kappa shape index (κ2) is 10.3. The van der Waals surface area contributed by atoms with E-state index in [1.54, 1.807) is 24.3 Å². The Morgan fingerprint density at radius 3 is 2.36 bits per heavy atom. The van der Waals surface area contributed by atoms with Crippen LogP contribution in [0.3, 0.4) is 0 Å². The van der Waals surface area contributed by atoms with Crippen molar-refractivity contribution in [2.45, 2.75) is 46.8 Å². The van der Waals surface area contributed by atoms with Crippen LogP contribution in [0.25, 0.3) is 5.76 Å². The molecule has 0 radical (unpaired) electrons. The number of aliphatic hydroxyl groups is 1. The zero-order valence-electron chi connectivity index (χ0n) is 21.2. The summed E-state index contributed by atoms with van der Waals surface area (Å²) >= 11 is 0. The molecule has 3 aromatic carbocycles. The van der Waals surface area contributed by atoms with Crippen LogP contribution in [0.4, 0.5) is 5.69 Å². The molecule has 1 atom stereocenters. The Morgan fingerprint density at radius 1 is 1.00 bits per heavy atom. The fourth-order valence-corrected chi connectivity index (χ4v) is 4.40. The highest BCUT2D eigenvalue weighted by atomic mass is 16.5. The summed E-state index contributed by atoms with van der Waals surface area (Å²) in [4.78, 5) is 28.2. The monoisotopic (exact) mass is 485 g/mol. The van der Waals surface area contributed by atoms with Crippen LogP contribution >= 0.6 is 0 Å². The van der Waals surface area contributed by atoms with E-state index in [4.69, 9.17) is 9.47 Å². The molecule has 0 aliphatic carbocycles. The van der Waals surface area contributed by atoms with Crippen LogP contribution < -0.4 is 14.4 Å². The van der Waals surface area contributed by atoms with Crippen molar-refractivity contribution in [1.82, 2.24) is 0 Å². The highest BCUT2D eigenvalue weighted by Crippen LogP contribution is 2.43.